The molecule has 0 saturated heterocycles. The average molecular weight is 349 g/mol. The second-order valence-electron chi connectivity index (χ2n) is 4.91. The van der Waals surface area contributed by atoms with Crippen LogP contribution in [0.1, 0.15) is 11.1 Å². The van der Waals surface area contributed by atoms with Gasteiger partial charge in [0, 0.05) is 11.6 Å². The number of ether oxygens (including phenoxy) is 1. The third kappa shape index (κ3) is 5.62. The molecule has 23 heavy (non-hydrogen) atoms. The number of aliphatic imine (C=N–C) groups is 1. The number of nitrogens with two attached hydrogens (primary N) is 1. The van der Waals surface area contributed by atoms with Gasteiger partial charge >= 0.3 is 0 Å². The largest absolute Gasteiger partial charge is 0.495 e. The van der Waals surface area contributed by atoms with E-state index in [0.717, 1.165) is 17.5 Å². The minimum atomic E-state index is 0.487. The first-order valence-corrected chi connectivity index (χ1v) is 7.90. The Balaban J connectivity index is 1.91. The van der Waals surface area contributed by atoms with Crippen LogP contribution in [0.25, 0.3) is 6.08 Å². The molecule has 0 bridgehead atoms. The number of rotatable bonds is 6. The highest BCUT2D eigenvalue weighted by Gasteiger charge is 2.01. The van der Waals surface area contributed by atoms with E-state index >= 15 is 0 Å². The van der Waals surface area contributed by atoms with Gasteiger partial charge in [0.15, 0.2) is 0 Å². The number of amidine groups is 1. The fourth-order valence-electron chi connectivity index (χ4n) is 1.98. The average Bonchev–Trinajstić information content (AvgIpc) is 2.56. The lowest BCUT2D eigenvalue weighted by molar-refractivity contribution is 0.414. The number of halogens is 2. The van der Waals surface area contributed by atoms with Gasteiger partial charge in [-0.3, -0.25) is 4.99 Å². The summed E-state index contributed by atoms with van der Waals surface area (Å²) in [4.78, 5) is 4.34. The summed E-state index contributed by atoms with van der Waals surface area (Å²) in [5, 5.41) is 1.31. The molecule has 0 aliphatic heterocycles. The summed E-state index contributed by atoms with van der Waals surface area (Å²) in [7, 11) is 1.60. The lowest BCUT2D eigenvalue weighted by Gasteiger charge is -2.05. The highest BCUT2D eigenvalue weighted by molar-refractivity contribution is 6.32. The van der Waals surface area contributed by atoms with Gasteiger partial charge in [0.25, 0.3) is 0 Å². The van der Waals surface area contributed by atoms with Crippen LogP contribution in [0.3, 0.4) is 0 Å². The Morgan fingerprint density at radius 3 is 2.61 bits per heavy atom. The molecular formula is C18H18Cl2N2O. The highest BCUT2D eigenvalue weighted by atomic mass is 35.5. The summed E-state index contributed by atoms with van der Waals surface area (Å²) in [6.45, 7) is 0.599. The van der Waals surface area contributed by atoms with Crippen LogP contribution >= 0.6 is 23.2 Å². The minimum Gasteiger partial charge on any atom is -0.495 e. The van der Waals surface area contributed by atoms with Crippen molar-refractivity contribution in [2.75, 3.05) is 13.7 Å². The zero-order valence-electron chi connectivity index (χ0n) is 12.8. The van der Waals surface area contributed by atoms with Gasteiger partial charge in [0.2, 0.25) is 0 Å². The summed E-state index contributed by atoms with van der Waals surface area (Å²) in [5.41, 5.74) is 8.01. The maximum Gasteiger partial charge on any atom is 0.137 e. The Kier molecular flexibility index (Phi) is 6.51. The Morgan fingerprint density at radius 1 is 1.17 bits per heavy atom. The first kappa shape index (κ1) is 17.4. The number of nitrogens with zero attached hydrogens (tertiary/aromatic N) is 1. The van der Waals surface area contributed by atoms with Crippen LogP contribution in [0.5, 0.6) is 5.75 Å². The van der Waals surface area contributed by atoms with Crippen molar-refractivity contribution < 1.29 is 4.74 Å². The fraction of sp³-hybridized carbons (Fsp3) is 0.167. The lowest BCUT2D eigenvalue weighted by atomic mass is 10.1. The van der Waals surface area contributed by atoms with E-state index in [-0.39, 0.29) is 0 Å². The predicted molar refractivity (Wildman–Crippen MR) is 98.7 cm³/mol. The second kappa shape index (κ2) is 8.61. The van der Waals surface area contributed by atoms with E-state index in [1.165, 1.54) is 0 Å². The second-order valence-corrected chi connectivity index (χ2v) is 5.75. The molecule has 0 aromatic heterocycles. The number of methoxy groups -OCH3 is 1. The molecule has 0 saturated carbocycles. The maximum absolute atomic E-state index is 6.00. The summed E-state index contributed by atoms with van der Waals surface area (Å²) >= 11 is 11.8. The molecule has 0 amide bonds. The van der Waals surface area contributed by atoms with Crippen molar-refractivity contribution in [2.24, 2.45) is 10.7 Å². The number of hydrogen-bond donors (Lipinski definition) is 1. The number of hydrogen-bond acceptors (Lipinski definition) is 2. The standard InChI is InChI=1S/C18H18Cl2N2O/c1-23-17-12-14(4-8-16(17)20)10-11-22-18(21)9-5-13-2-6-15(19)7-3-13/h2-9,12H,10-11H2,1H3,(H2,21,22)/b9-5+. The summed E-state index contributed by atoms with van der Waals surface area (Å²) in [6.07, 6.45) is 4.45. The van der Waals surface area contributed by atoms with Gasteiger partial charge in [-0.15, -0.1) is 0 Å². The van der Waals surface area contributed by atoms with Crippen LogP contribution in [0.2, 0.25) is 10.0 Å². The third-order valence-corrected chi connectivity index (χ3v) is 3.79. The first-order chi connectivity index (χ1) is 11.1. The van der Waals surface area contributed by atoms with Gasteiger partial charge in [-0.05, 0) is 47.9 Å². The predicted octanol–water partition coefficient (Wildman–Crippen LogP) is 4.62. The minimum absolute atomic E-state index is 0.487. The summed E-state index contributed by atoms with van der Waals surface area (Å²) in [6, 6.07) is 13.2. The molecule has 0 unspecified atom stereocenters. The van der Waals surface area contributed by atoms with Crippen LogP contribution in [0.4, 0.5) is 0 Å². The first-order valence-electron chi connectivity index (χ1n) is 7.14. The SMILES string of the molecule is COc1cc(CCN=C(N)/C=C/c2ccc(Cl)cc2)ccc1Cl. The zero-order chi connectivity index (χ0) is 16.7. The Bertz CT molecular complexity index is 709. The van der Waals surface area contributed by atoms with E-state index in [1.54, 1.807) is 13.2 Å². The highest BCUT2D eigenvalue weighted by Crippen LogP contribution is 2.25. The molecule has 0 aliphatic carbocycles. The quantitative estimate of drug-likeness (QED) is 0.611. The summed E-state index contributed by atoms with van der Waals surface area (Å²) < 4.78 is 5.20. The van der Waals surface area contributed by atoms with Crippen molar-refractivity contribution in [3.63, 3.8) is 0 Å². The van der Waals surface area contributed by atoms with Crippen molar-refractivity contribution in [3.8, 4) is 5.75 Å². The van der Waals surface area contributed by atoms with E-state index in [0.29, 0.717) is 28.2 Å². The van der Waals surface area contributed by atoms with Crippen molar-refractivity contribution in [3.05, 3.63) is 69.7 Å². The molecule has 3 nitrogen and oxygen atoms in total. The van der Waals surface area contributed by atoms with Crippen molar-refractivity contribution >= 4 is 35.1 Å². The smallest absolute Gasteiger partial charge is 0.137 e. The molecule has 0 spiro atoms. The molecule has 2 aromatic rings. The lowest BCUT2D eigenvalue weighted by Crippen LogP contribution is -2.09. The van der Waals surface area contributed by atoms with Crippen LogP contribution in [-0.2, 0) is 6.42 Å². The zero-order valence-corrected chi connectivity index (χ0v) is 14.3. The molecule has 0 heterocycles. The van der Waals surface area contributed by atoms with Crippen LogP contribution in [-0.4, -0.2) is 19.5 Å². The molecule has 0 fully saturated rings. The van der Waals surface area contributed by atoms with E-state index in [1.807, 2.05) is 48.5 Å². The number of benzene rings is 2. The molecule has 0 radical (unpaired) electrons. The monoisotopic (exact) mass is 348 g/mol. The maximum atomic E-state index is 6.00. The van der Waals surface area contributed by atoms with Gasteiger partial charge in [0.1, 0.15) is 11.6 Å². The third-order valence-electron chi connectivity index (χ3n) is 3.23. The van der Waals surface area contributed by atoms with E-state index in [2.05, 4.69) is 4.99 Å². The van der Waals surface area contributed by atoms with Crippen LogP contribution < -0.4 is 10.5 Å². The van der Waals surface area contributed by atoms with Crippen molar-refractivity contribution in [1.82, 2.24) is 0 Å². The molecule has 2 N–H and O–H groups in total. The van der Waals surface area contributed by atoms with E-state index in [9.17, 15) is 0 Å². The molecule has 2 rings (SSSR count). The Morgan fingerprint density at radius 2 is 1.91 bits per heavy atom. The van der Waals surface area contributed by atoms with Crippen molar-refractivity contribution in [1.29, 1.82) is 0 Å². The van der Waals surface area contributed by atoms with Gasteiger partial charge in [-0.1, -0.05) is 47.5 Å². The fourth-order valence-corrected chi connectivity index (χ4v) is 2.30. The van der Waals surface area contributed by atoms with Gasteiger partial charge < -0.3 is 10.5 Å². The topological polar surface area (TPSA) is 47.6 Å². The molecule has 0 atom stereocenters. The Hall–Kier alpha value is -1.97. The van der Waals surface area contributed by atoms with Crippen molar-refractivity contribution in [2.45, 2.75) is 6.42 Å². The molecule has 2 aromatic carbocycles. The van der Waals surface area contributed by atoms with Gasteiger partial charge in [-0.25, -0.2) is 0 Å². The Labute approximate surface area is 146 Å². The normalized spacial score (nSPS) is 11.9. The molecule has 120 valence electrons. The van der Waals surface area contributed by atoms with Gasteiger partial charge in [0.05, 0.1) is 12.1 Å². The van der Waals surface area contributed by atoms with E-state index < -0.39 is 0 Å². The van der Waals surface area contributed by atoms with E-state index in [4.69, 9.17) is 33.7 Å². The molecule has 5 heteroatoms. The molecule has 0 aliphatic rings. The van der Waals surface area contributed by atoms with Crippen LogP contribution in [0.15, 0.2) is 53.5 Å². The molecular weight excluding hydrogens is 331 g/mol. The van der Waals surface area contributed by atoms with Crippen LogP contribution in [0, 0.1) is 0 Å². The summed E-state index contributed by atoms with van der Waals surface area (Å²) in [5.74, 6) is 1.16. The van der Waals surface area contributed by atoms with Gasteiger partial charge in [-0.2, -0.15) is 0 Å².